The van der Waals surface area contributed by atoms with Crippen LogP contribution in [0.4, 0.5) is 5.69 Å². The molecule has 1 aliphatic rings. The molecule has 0 radical (unpaired) electrons. The van der Waals surface area contributed by atoms with Gasteiger partial charge in [0.1, 0.15) is 5.88 Å². The van der Waals surface area contributed by atoms with Crippen molar-refractivity contribution in [2.75, 3.05) is 22.3 Å². The van der Waals surface area contributed by atoms with Crippen molar-refractivity contribution in [3.05, 3.63) is 29.3 Å². The predicted octanol–water partition coefficient (Wildman–Crippen LogP) is 2.06. The number of nitrogens with zero attached hydrogens (tertiary/aromatic N) is 1. The van der Waals surface area contributed by atoms with Gasteiger partial charge in [-0.1, -0.05) is 12.1 Å². The van der Waals surface area contributed by atoms with E-state index in [1.165, 1.54) is 0 Å². The number of carbonyl (C=O) groups excluding carboxylic acids is 1. The monoisotopic (exact) mass is 315 g/mol. The van der Waals surface area contributed by atoms with Crippen molar-refractivity contribution in [2.45, 2.75) is 26.3 Å². The number of aryl methyl sites for hydroxylation is 1. The maximum Gasteiger partial charge on any atom is 0.242 e. The van der Waals surface area contributed by atoms with E-state index >= 15 is 0 Å². The summed E-state index contributed by atoms with van der Waals surface area (Å²) in [5.41, 5.74) is 2.81. The minimum absolute atomic E-state index is 0.0169. The van der Waals surface area contributed by atoms with Crippen LogP contribution >= 0.6 is 11.6 Å². The first-order valence-corrected chi connectivity index (χ1v) is 8.86. The molecule has 0 aliphatic carbocycles. The molecule has 110 valence electrons. The molecule has 1 heterocycles. The SMILES string of the molecule is Cc1cccc(N(C(=O)CCl)[C@H]2CCS(=O)(=O)C2)c1C. The quantitative estimate of drug-likeness (QED) is 0.802. The molecular weight excluding hydrogens is 298 g/mol. The maximum atomic E-state index is 12.2. The summed E-state index contributed by atoms with van der Waals surface area (Å²) in [4.78, 5) is 13.7. The van der Waals surface area contributed by atoms with Crippen LogP contribution in [0.3, 0.4) is 0 Å². The van der Waals surface area contributed by atoms with Crippen molar-refractivity contribution >= 4 is 33.0 Å². The van der Waals surface area contributed by atoms with Crippen molar-refractivity contribution < 1.29 is 13.2 Å². The third kappa shape index (κ3) is 2.99. The number of halogens is 1. The van der Waals surface area contributed by atoms with E-state index in [1.807, 2.05) is 32.0 Å². The highest BCUT2D eigenvalue weighted by Crippen LogP contribution is 2.29. The highest BCUT2D eigenvalue weighted by molar-refractivity contribution is 7.91. The summed E-state index contributed by atoms with van der Waals surface area (Å²) in [6.07, 6.45) is 0.471. The Labute approximate surface area is 124 Å². The van der Waals surface area contributed by atoms with Crippen LogP contribution < -0.4 is 4.90 Å². The zero-order valence-corrected chi connectivity index (χ0v) is 13.2. The number of rotatable bonds is 3. The first kappa shape index (κ1) is 15.3. The maximum absolute atomic E-state index is 12.2. The van der Waals surface area contributed by atoms with E-state index in [0.717, 1.165) is 16.8 Å². The van der Waals surface area contributed by atoms with Gasteiger partial charge in [-0.3, -0.25) is 4.79 Å². The van der Waals surface area contributed by atoms with E-state index in [4.69, 9.17) is 11.6 Å². The Morgan fingerprint density at radius 2 is 2.10 bits per heavy atom. The molecule has 0 saturated carbocycles. The summed E-state index contributed by atoms with van der Waals surface area (Å²) in [5.74, 6) is -0.246. The van der Waals surface area contributed by atoms with Gasteiger partial charge < -0.3 is 4.90 Å². The number of carbonyl (C=O) groups is 1. The number of hydrogen-bond donors (Lipinski definition) is 0. The third-order valence-corrected chi connectivity index (χ3v) is 5.77. The molecule has 0 unspecified atom stereocenters. The van der Waals surface area contributed by atoms with E-state index in [9.17, 15) is 13.2 Å². The molecule has 0 N–H and O–H groups in total. The van der Waals surface area contributed by atoms with Crippen LogP contribution in [0.15, 0.2) is 18.2 Å². The average molecular weight is 316 g/mol. The van der Waals surface area contributed by atoms with Gasteiger partial charge in [0.2, 0.25) is 5.91 Å². The van der Waals surface area contributed by atoms with Crippen LogP contribution in [0.5, 0.6) is 0 Å². The van der Waals surface area contributed by atoms with E-state index in [1.54, 1.807) is 4.90 Å². The van der Waals surface area contributed by atoms with E-state index in [2.05, 4.69) is 0 Å². The fourth-order valence-corrected chi connectivity index (χ4v) is 4.40. The summed E-state index contributed by atoms with van der Waals surface area (Å²) in [6.45, 7) is 3.90. The second kappa shape index (κ2) is 5.74. The van der Waals surface area contributed by atoms with Crippen LogP contribution in [0.25, 0.3) is 0 Å². The second-order valence-corrected chi connectivity index (χ2v) is 7.67. The van der Waals surface area contributed by atoms with E-state index in [0.29, 0.717) is 6.42 Å². The minimum Gasteiger partial charge on any atom is -0.307 e. The van der Waals surface area contributed by atoms with Crippen LogP contribution in [0.2, 0.25) is 0 Å². The largest absolute Gasteiger partial charge is 0.307 e. The highest BCUT2D eigenvalue weighted by Gasteiger charge is 2.35. The Balaban J connectivity index is 2.44. The second-order valence-electron chi connectivity index (χ2n) is 5.17. The van der Waals surface area contributed by atoms with Crippen LogP contribution in [0.1, 0.15) is 17.5 Å². The van der Waals surface area contributed by atoms with E-state index in [-0.39, 0.29) is 29.3 Å². The summed E-state index contributed by atoms with van der Waals surface area (Å²) in [7, 11) is -3.05. The molecule has 1 amide bonds. The topological polar surface area (TPSA) is 54.5 Å². The van der Waals surface area contributed by atoms with Crippen molar-refractivity contribution in [2.24, 2.45) is 0 Å². The number of anilines is 1. The average Bonchev–Trinajstić information content (AvgIpc) is 2.74. The van der Waals surface area contributed by atoms with Crippen molar-refractivity contribution in [3.8, 4) is 0 Å². The molecular formula is C14H18ClNO3S. The number of benzene rings is 1. The Morgan fingerprint density at radius 1 is 1.40 bits per heavy atom. The highest BCUT2D eigenvalue weighted by atomic mass is 35.5. The predicted molar refractivity (Wildman–Crippen MR) is 81.2 cm³/mol. The van der Waals surface area contributed by atoms with Crippen LogP contribution in [-0.2, 0) is 14.6 Å². The molecule has 1 atom stereocenters. The third-order valence-electron chi connectivity index (χ3n) is 3.79. The van der Waals surface area contributed by atoms with Gasteiger partial charge in [-0.15, -0.1) is 11.6 Å². The van der Waals surface area contributed by atoms with Crippen LogP contribution in [-0.4, -0.2) is 37.8 Å². The first-order valence-electron chi connectivity index (χ1n) is 6.50. The number of amides is 1. The molecule has 1 fully saturated rings. The van der Waals surface area contributed by atoms with Gasteiger partial charge in [-0.25, -0.2) is 8.42 Å². The Bertz CT molecular complexity index is 627. The van der Waals surface area contributed by atoms with Crippen molar-refractivity contribution in [3.63, 3.8) is 0 Å². The molecule has 0 aromatic heterocycles. The summed E-state index contributed by atoms with van der Waals surface area (Å²) >= 11 is 5.70. The fraction of sp³-hybridized carbons (Fsp3) is 0.500. The summed E-state index contributed by atoms with van der Waals surface area (Å²) < 4.78 is 23.3. The van der Waals surface area contributed by atoms with Crippen LogP contribution in [0, 0.1) is 13.8 Å². The lowest BCUT2D eigenvalue weighted by Crippen LogP contribution is -2.42. The Kier molecular flexibility index (Phi) is 4.39. The lowest BCUT2D eigenvalue weighted by Gasteiger charge is -2.29. The summed E-state index contributed by atoms with van der Waals surface area (Å²) in [6, 6.07) is 5.37. The molecule has 2 rings (SSSR count). The van der Waals surface area contributed by atoms with Gasteiger partial charge in [0.25, 0.3) is 0 Å². The molecule has 20 heavy (non-hydrogen) atoms. The Hall–Kier alpha value is -1.07. The number of sulfone groups is 1. The smallest absolute Gasteiger partial charge is 0.242 e. The minimum atomic E-state index is -3.05. The fourth-order valence-electron chi connectivity index (χ4n) is 2.57. The van der Waals surface area contributed by atoms with Crippen molar-refractivity contribution in [1.82, 2.24) is 0 Å². The van der Waals surface area contributed by atoms with Gasteiger partial charge in [0, 0.05) is 5.69 Å². The normalized spacial score (nSPS) is 20.9. The van der Waals surface area contributed by atoms with Gasteiger partial charge in [0.05, 0.1) is 17.5 Å². The first-order chi connectivity index (χ1) is 9.35. The Morgan fingerprint density at radius 3 is 2.65 bits per heavy atom. The zero-order chi connectivity index (χ0) is 14.9. The van der Waals surface area contributed by atoms with Gasteiger partial charge in [-0.2, -0.15) is 0 Å². The standard InChI is InChI=1S/C14H18ClNO3S/c1-10-4-3-5-13(11(10)2)16(14(17)8-15)12-6-7-20(18,19)9-12/h3-5,12H,6-9H2,1-2H3/t12-/m0/s1. The molecule has 0 bridgehead atoms. The lowest BCUT2D eigenvalue weighted by atomic mass is 10.1. The van der Waals surface area contributed by atoms with Gasteiger partial charge >= 0.3 is 0 Å². The molecule has 6 heteroatoms. The van der Waals surface area contributed by atoms with Crippen molar-refractivity contribution in [1.29, 1.82) is 0 Å². The molecule has 0 spiro atoms. The molecule has 1 saturated heterocycles. The number of hydrogen-bond acceptors (Lipinski definition) is 3. The molecule has 1 aromatic carbocycles. The number of alkyl halides is 1. The molecule has 4 nitrogen and oxygen atoms in total. The van der Waals surface area contributed by atoms with E-state index < -0.39 is 9.84 Å². The molecule has 1 aliphatic heterocycles. The zero-order valence-electron chi connectivity index (χ0n) is 11.6. The summed E-state index contributed by atoms with van der Waals surface area (Å²) in [5, 5.41) is 0. The van der Waals surface area contributed by atoms with Gasteiger partial charge in [-0.05, 0) is 37.5 Å². The lowest BCUT2D eigenvalue weighted by molar-refractivity contribution is -0.116. The molecule has 1 aromatic rings. The van der Waals surface area contributed by atoms with Gasteiger partial charge in [0.15, 0.2) is 9.84 Å².